The van der Waals surface area contributed by atoms with Crippen LogP contribution in [0.3, 0.4) is 0 Å². The molecule has 1 aromatic rings. The fourth-order valence-corrected chi connectivity index (χ4v) is 1.06. The van der Waals surface area contributed by atoms with Crippen molar-refractivity contribution in [2.45, 2.75) is 6.61 Å². The molecule has 7 heteroatoms. The number of carboxylic acid groups (broad SMARTS) is 1. The molecule has 0 atom stereocenters. The molecule has 0 aromatic heterocycles. The number of carbonyl (C=O) groups is 1. The SMILES string of the molecule is NN/C(OCc1ccccc1F)=C(\N)C(=O)O. The van der Waals surface area contributed by atoms with E-state index in [2.05, 4.69) is 0 Å². The summed E-state index contributed by atoms with van der Waals surface area (Å²) < 4.78 is 18.2. The molecule has 0 heterocycles. The monoisotopic (exact) mass is 241 g/mol. The molecule has 0 aliphatic carbocycles. The molecule has 0 aliphatic rings. The first kappa shape index (κ1) is 12.8. The van der Waals surface area contributed by atoms with Crippen molar-refractivity contribution in [2.24, 2.45) is 11.6 Å². The number of rotatable bonds is 5. The molecule has 0 unspecified atom stereocenters. The molecule has 6 N–H and O–H groups in total. The van der Waals surface area contributed by atoms with Gasteiger partial charge in [-0.3, -0.25) is 5.43 Å². The Hall–Kier alpha value is -2.28. The lowest BCUT2D eigenvalue weighted by Crippen LogP contribution is -2.29. The van der Waals surface area contributed by atoms with Gasteiger partial charge in [0.05, 0.1) is 0 Å². The van der Waals surface area contributed by atoms with Crippen molar-refractivity contribution >= 4 is 5.97 Å². The van der Waals surface area contributed by atoms with Gasteiger partial charge in [0.15, 0.2) is 5.70 Å². The maximum absolute atomic E-state index is 13.2. The zero-order valence-electron chi connectivity index (χ0n) is 8.81. The fourth-order valence-electron chi connectivity index (χ4n) is 1.06. The van der Waals surface area contributed by atoms with Crippen LogP contribution < -0.4 is 17.0 Å². The molecular weight excluding hydrogens is 229 g/mol. The zero-order chi connectivity index (χ0) is 12.8. The third-order valence-corrected chi connectivity index (χ3v) is 1.94. The predicted molar refractivity (Wildman–Crippen MR) is 57.4 cm³/mol. The molecule has 0 spiro atoms. The summed E-state index contributed by atoms with van der Waals surface area (Å²) >= 11 is 0. The molecule has 1 rings (SSSR count). The topological polar surface area (TPSA) is 111 Å². The van der Waals surface area contributed by atoms with Gasteiger partial charge in [-0.15, -0.1) is 0 Å². The smallest absolute Gasteiger partial charge is 0.357 e. The summed E-state index contributed by atoms with van der Waals surface area (Å²) in [5.41, 5.74) is 6.88. The second kappa shape index (κ2) is 5.71. The van der Waals surface area contributed by atoms with E-state index in [9.17, 15) is 9.18 Å². The maximum Gasteiger partial charge on any atom is 0.357 e. The van der Waals surface area contributed by atoms with Crippen LogP contribution in [0, 0.1) is 5.82 Å². The number of nitrogens with two attached hydrogens (primary N) is 2. The molecule has 0 aliphatic heterocycles. The second-order valence-corrected chi connectivity index (χ2v) is 3.07. The van der Waals surface area contributed by atoms with Gasteiger partial charge < -0.3 is 15.6 Å². The number of hydrogen-bond donors (Lipinski definition) is 4. The number of benzene rings is 1. The molecule has 0 radical (unpaired) electrons. The molecular formula is C10H12FN3O3. The lowest BCUT2D eigenvalue weighted by atomic mass is 10.2. The molecule has 0 fully saturated rings. The molecule has 0 bridgehead atoms. The van der Waals surface area contributed by atoms with Gasteiger partial charge in [-0.05, 0) is 6.07 Å². The van der Waals surface area contributed by atoms with Crippen LogP contribution in [0.2, 0.25) is 0 Å². The normalized spacial score (nSPS) is 11.6. The lowest BCUT2D eigenvalue weighted by Gasteiger charge is -2.11. The van der Waals surface area contributed by atoms with Crippen molar-refractivity contribution < 1.29 is 19.0 Å². The van der Waals surface area contributed by atoms with E-state index in [1.54, 1.807) is 6.07 Å². The first-order chi connectivity index (χ1) is 8.06. The second-order valence-electron chi connectivity index (χ2n) is 3.07. The van der Waals surface area contributed by atoms with Crippen LogP contribution in [-0.2, 0) is 16.1 Å². The number of hydrazine groups is 1. The van der Waals surface area contributed by atoms with Crippen LogP contribution in [0.4, 0.5) is 4.39 Å². The van der Waals surface area contributed by atoms with Gasteiger partial charge in [-0.2, -0.15) is 0 Å². The van der Waals surface area contributed by atoms with E-state index < -0.39 is 17.5 Å². The first-order valence-electron chi connectivity index (χ1n) is 4.62. The van der Waals surface area contributed by atoms with Gasteiger partial charge in [0.2, 0.25) is 5.88 Å². The maximum atomic E-state index is 13.2. The highest BCUT2D eigenvalue weighted by Gasteiger charge is 2.12. The minimum absolute atomic E-state index is 0.180. The van der Waals surface area contributed by atoms with E-state index in [4.69, 9.17) is 21.4 Å². The third-order valence-electron chi connectivity index (χ3n) is 1.94. The summed E-state index contributed by atoms with van der Waals surface area (Å²) in [5.74, 6) is 2.88. The van der Waals surface area contributed by atoms with Gasteiger partial charge in [0.25, 0.3) is 0 Å². The van der Waals surface area contributed by atoms with Crippen molar-refractivity contribution in [1.82, 2.24) is 5.43 Å². The van der Waals surface area contributed by atoms with Crippen molar-refractivity contribution in [3.63, 3.8) is 0 Å². The molecule has 1 aromatic carbocycles. The van der Waals surface area contributed by atoms with Crippen LogP contribution in [0.5, 0.6) is 0 Å². The summed E-state index contributed by atoms with van der Waals surface area (Å²) in [6, 6.07) is 5.92. The Morgan fingerprint density at radius 2 is 2.12 bits per heavy atom. The molecule has 0 saturated carbocycles. The zero-order valence-corrected chi connectivity index (χ0v) is 8.81. The quantitative estimate of drug-likeness (QED) is 0.250. The summed E-state index contributed by atoms with van der Waals surface area (Å²) in [5, 5.41) is 8.60. The van der Waals surface area contributed by atoms with Crippen LogP contribution in [0.25, 0.3) is 0 Å². The van der Waals surface area contributed by atoms with Crippen molar-refractivity contribution in [3.05, 3.63) is 47.2 Å². The standard InChI is InChI=1S/C10H12FN3O3/c11-7-4-2-1-3-6(7)5-17-9(14-13)8(12)10(15)16/h1-4,14H,5,12-13H2,(H,15,16)/b9-8+. The molecule has 6 nitrogen and oxygen atoms in total. The Kier molecular flexibility index (Phi) is 4.29. The van der Waals surface area contributed by atoms with Crippen molar-refractivity contribution in [2.75, 3.05) is 0 Å². The summed E-state index contributed by atoms with van der Waals surface area (Å²) in [6.45, 7) is -0.180. The number of hydrogen-bond acceptors (Lipinski definition) is 5. The summed E-state index contributed by atoms with van der Waals surface area (Å²) in [4.78, 5) is 10.5. The third kappa shape index (κ3) is 3.35. The fraction of sp³-hybridized carbons (Fsp3) is 0.100. The lowest BCUT2D eigenvalue weighted by molar-refractivity contribution is -0.133. The summed E-state index contributed by atoms with van der Waals surface area (Å²) in [6.07, 6.45) is 0. The van der Waals surface area contributed by atoms with Gasteiger partial charge in [0, 0.05) is 5.56 Å². The van der Waals surface area contributed by atoms with Gasteiger partial charge in [0.1, 0.15) is 12.4 Å². The van der Waals surface area contributed by atoms with Gasteiger partial charge >= 0.3 is 5.97 Å². The molecule has 0 saturated heterocycles. The predicted octanol–water partition coefficient (Wildman–Crippen LogP) is 0.0180. The van der Waals surface area contributed by atoms with E-state index >= 15 is 0 Å². The van der Waals surface area contributed by atoms with Crippen LogP contribution in [0.1, 0.15) is 5.56 Å². The minimum atomic E-state index is -1.38. The molecule has 0 amide bonds. The number of carboxylic acids is 1. The Balaban J connectivity index is 2.76. The highest BCUT2D eigenvalue weighted by molar-refractivity contribution is 5.85. The van der Waals surface area contributed by atoms with Crippen LogP contribution in [0.15, 0.2) is 35.8 Å². The Morgan fingerprint density at radius 3 is 2.65 bits per heavy atom. The van der Waals surface area contributed by atoms with E-state index in [-0.39, 0.29) is 18.1 Å². The van der Waals surface area contributed by atoms with E-state index in [1.807, 2.05) is 5.43 Å². The van der Waals surface area contributed by atoms with Crippen LogP contribution in [-0.4, -0.2) is 11.1 Å². The minimum Gasteiger partial charge on any atom is -0.476 e. The number of aliphatic carboxylic acids is 1. The number of nitrogens with one attached hydrogen (secondary N) is 1. The average molecular weight is 241 g/mol. The Bertz CT molecular complexity index is 448. The van der Waals surface area contributed by atoms with E-state index in [0.717, 1.165) is 0 Å². The first-order valence-corrected chi connectivity index (χ1v) is 4.62. The Labute approximate surface area is 96.6 Å². The van der Waals surface area contributed by atoms with Crippen molar-refractivity contribution in [3.8, 4) is 0 Å². The average Bonchev–Trinajstić information content (AvgIpc) is 2.31. The van der Waals surface area contributed by atoms with Gasteiger partial charge in [-0.25, -0.2) is 15.0 Å². The van der Waals surface area contributed by atoms with Crippen LogP contribution >= 0.6 is 0 Å². The van der Waals surface area contributed by atoms with E-state index in [1.165, 1.54) is 18.2 Å². The summed E-state index contributed by atoms with van der Waals surface area (Å²) in [7, 11) is 0. The molecule has 92 valence electrons. The highest BCUT2D eigenvalue weighted by atomic mass is 19.1. The van der Waals surface area contributed by atoms with E-state index in [0.29, 0.717) is 0 Å². The molecule has 17 heavy (non-hydrogen) atoms. The number of ether oxygens (including phenoxy) is 1. The number of halogens is 1. The van der Waals surface area contributed by atoms with Crippen molar-refractivity contribution in [1.29, 1.82) is 0 Å². The largest absolute Gasteiger partial charge is 0.476 e. The highest BCUT2D eigenvalue weighted by Crippen LogP contribution is 2.09. The Morgan fingerprint density at radius 1 is 1.47 bits per heavy atom. The van der Waals surface area contributed by atoms with Gasteiger partial charge in [-0.1, -0.05) is 18.2 Å².